The van der Waals surface area contributed by atoms with Crippen LogP contribution in [0.1, 0.15) is 23.0 Å². The number of aliphatic hydroxyl groups excluding tert-OH is 1. The van der Waals surface area contributed by atoms with Gasteiger partial charge in [-0.05, 0) is 48.4 Å². The average Bonchev–Trinajstić information content (AvgIpc) is 2.69. The number of halogens is 3. The Morgan fingerprint density at radius 1 is 1.29 bits per heavy atom. The van der Waals surface area contributed by atoms with Crippen molar-refractivity contribution in [1.29, 1.82) is 0 Å². The number of aryl methyl sites for hydroxylation is 1. The van der Waals surface area contributed by atoms with Crippen LogP contribution in [0, 0.1) is 12.7 Å². The van der Waals surface area contributed by atoms with Crippen LogP contribution in [-0.2, 0) is 0 Å². The molecule has 0 saturated heterocycles. The van der Waals surface area contributed by atoms with Crippen molar-refractivity contribution in [3.8, 4) is 0 Å². The quantitative estimate of drug-likeness (QED) is 0.894. The molecule has 0 aliphatic rings. The summed E-state index contributed by atoms with van der Waals surface area (Å²) in [6, 6.07) is 5.71. The van der Waals surface area contributed by atoms with Gasteiger partial charge in [0.1, 0.15) is 17.7 Å². The van der Waals surface area contributed by atoms with Crippen molar-refractivity contribution >= 4 is 23.2 Å². The van der Waals surface area contributed by atoms with E-state index >= 15 is 0 Å². The Balaban J connectivity index is 2.43. The lowest BCUT2D eigenvalue weighted by atomic mass is 10.0. The molecule has 1 heterocycles. The van der Waals surface area contributed by atoms with E-state index in [1.807, 2.05) is 0 Å². The van der Waals surface area contributed by atoms with Crippen LogP contribution in [0.5, 0.6) is 0 Å². The molecule has 1 aromatic carbocycles. The third-order valence-electron chi connectivity index (χ3n) is 2.44. The first-order chi connectivity index (χ1) is 7.99. The van der Waals surface area contributed by atoms with Gasteiger partial charge in [-0.2, -0.15) is 0 Å². The number of hydrogen-bond donors (Lipinski definition) is 1. The van der Waals surface area contributed by atoms with Crippen LogP contribution in [0.2, 0.25) is 10.2 Å². The van der Waals surface area contributed by atoms with Gasteiger partial charge in [-0.15, -0.1) is 0 Å². The number of hydrogen-bond acceptors (Lipinski definition) is 2. The van der Waals surface area contributed by atoms with Crippen LogP contribution in [0.3, 0.4) is 0 Å². The zero-order valence-corrected chi connectivity index (χ0v) is 10.4. The molecule has 0 aliphatic heterocycles. The molecule has 2 nitrogen and oxygen atoms in total. The molecule has 17 heavy (non-hydrogen) atoms. The Morgan fingerprint density at radius 2 is 2.00 bits per heavy atom. The lowest BCUT2D eigenvalue weighted by Gasteiger charge is -2.11. The molecule has 90 valence electrons. The second-order valence-corrected chi connectivity index (χ2v) is 4.45. The zero-order chi connectivity index (χ0) is 12.6. The van der Waals surface area contributed by atoms with E-state index < -0.39 is 11.9 Å². The SMILES string of the molecule is Cc1cc(C(O)c2ccc(Cl)o2)c(Cl)cc1F. The lowest BCUT2D eigenvalue weighted by Crippen LogP contribution is -2.00. The van der Waals surface area contributed by atoms with Gasteiger partial charge in [-0.3, -0.25) is 0 Å². The minimum Gasteiger partial charge on any atom is -0.447 e. The summed E-state index contributed by atoms with van der Waals surface area (Å²) in [7, 11) is 0. The van der Waals surface area contributed by atoms with E-state index in [1.54, 1.807) is 13.0 Å². The van der Waals surface area contributed by atoms with Crippen LogP contribution >= 0.6 is 23.2 Å². The Bertz CT molecular complexity index is 551. The highest BCUT2D eigenvalue weighted by atomic mass is 35.5. The van der Waals surface area contributed by atoms with Crippen LogP contribution in [-0.4, -0.2) is 5.11 Å². The van der Waals surface area contributed by atoms with Gasteiger partial charge >= 0.3 is 0 Å². The molecule has 0 radical (unpaired) electrons. The Hall–Kier alpha value is -1.03. The molecule has 0 saturated carbocycles. The van der Waals surface area contributed by atoms with Gasteiger partial charge in [0.15, 0.2) is 5.22 Å². The Kier molecular flexibility index (Phi) is 3.43. The summed E-state index contributed by atoms with van der Waals surface area (Å²) in [4.78, 5) is 0. The zero-order valence-electron chi connectivity index (χ0n) is 8.88. The first kappa shape index (κ1) is 12.4. The molecule has 2 aromatic rings. The summed E-state index contributed by atoms with van der Waals surface area (Å²) in [6.07, 6.45) is -1.06. The number of rotatable bonds is 2. The summed E-state index contributed by atoms with van der Waals surface area (Å²) >= 11 is 11.5. The summed E-state index contributed by atoms with van der Waals surface area (Å²) in [6.45, 7) is 1.59. The van der Waals surface area contributed by atoms with Gasteiger partial charge in [-0.1, -0.05) is 11.6 Å². The maximum Gasteiger partial charge on any atom is 0.193 e. The standard InChI is InChI=1S/C12H9Cl2FO2/c1-6-4-7(8(13)5-9(6)15)12(16)10-2-3-11(14)17-10/h2-5,12,16H,1H3. The molecule has 1 N–H and O–H groups in total. The van der Waals surface area contributed by atoms with Gasteiger partial charge in [-0.25, -0.2) is 4.39 Å². The number of furan rings is 1. The highest BCUT2D eigenvalue weighted by Crippen LogP contribution is 2.31. The van der Waals surface area contributed by atoms with Crippen molar-refractivity contribution in [2.45, 2.75) is 13.0 Å². The fourth-order valence-electron chi connectivity index (χ4n) is 1.52. The molecule has 5 heteroatoms. The maximum absolute atomic E-state index is 13.2. The van der Waals surface area contributed by atoms with E-state index in [4.69, 9.17) is 27.6 Å². The lowest BCUT2D eigenvalue weighted by molar-refractivity contribution is 0.189. The minimum absolute atomic E-state index is 0.146. The van der Waals surface area contributed by atoms with Crippen LogP contribution in [0.15, 0.2) is 28.7 Å². The molecule has 1 atom stereocenters. The first-order valence-electron chi connectivity index (χ1n) is 4.88. The van der Waals surface area contributed by atoms with Gasteiger partial charge < -0.3 is 9.52 Å². The maximum atomic E-state index is 13.2. The predicted molar refractivity (Wildman–Crippen MR) is 63.9 cm³/mol. The second kappa shape index (κ2) is 4.69. The largest absolute Gasteiger partial charge is 0.447 e. The van der Waals surface area contributed by atoms with E-state index in [9.17, 15) is 9.50 Å². The Labute approximate surface area is 108 Å². The summed E-state index contributed by atoms with van der Waals surface area (Å²) < 4.78 is 18.3. The van der Waals surface area contributed by atoms with E-state index in [-0.39, 0.29) is 16.0 Å². The fraction of sp³-hybridized carbons (Fsp3) is 0.167. The van der Waals surface area contributed by atoms with E-state index in [2.05, 4.69) is 0 Å². The molecule has 2 rings (SSSR count). The highest BCUT2D eigenvalue weighted by Gasteiger charge is 2.19. The normalized spacial score (nSPS) is 12.8. The molecule has 0 aliphatic carbocycles. The third kappa shape index (κ3) is 2.46. The minimum atomic E-state index is -1.06. The summed E-state index contributed by atoms with van der Waals surface area (Å²) in [5, 5.41) is 10.4. The topological polar surface area (TPSA) is 33.4 Å². The summed E-state index contributed by atoms with van der Waals surface area (Å²) in [5.41, 5.74) is 0.790. The van der Waals surface area contributed by atoms with Gasteiger partial charge in [0.2, 0.25) is 0 Å². The molecule has 0 spiro atoms. The van der Waals surface area contributed by atoms with Crippen molar-refractivity contribution in [2.75, 3.05) is 0 Å². The summed E-state index contributed by atoms with van der Waals surface area (Å²) in [5.74, 6) is -0.147. The molecule has 0 bridgehead atoms. The van der Waals surface area contributed by atoms with Gasteiger partial charge in [0.25, 0.3) is 0 Å². The fourth-order valence-corrected chi connectivity index (χ4v) is 1.92. The Morgan fingerprint density at radius 3 is 2.59 bits per heavy atom. The van der Waals surface area contributed by atoms with Crippen molar-refractivity contribution in [3.63, 3.8) is 0 Å². The van der Waals surface area contributed by atoms with Crippen LogP contribution in [0.25, 0.3) is 0 Å². The monoisotopic (exact) mass is 274 g/mol. The second-order valence-electron chi connectivity index (χ2n) is 3.67. The smallest absolute Gasteiger partial charge is 0.193 e. The number of benzene rings is 1. The van der Waals surface area contributed by atoms with Crippen LogP contribution in [0.4, 0.5) is 4.39 Å². The molecule has 1 unspecified atom stereocenters. The van der Waals surface area contributed by atoms with E-state index in [1.165, 1.54) is 18.2 Å². The highest BCUT2D eigenvalue weighted by molar-refractivity contribution is 6.31. The first-order valence-corrected chi connectivity index (χ1v) is 5.63. The van der Waals surface area contributed by atoms with Crippen molar-refractivity contribution in [1.82, 2.24) is 0 Å². The number of aliphatic hydroxyl groups is 1. The predicted octanol–water partition coefficient (Wildman–Crippen LogP) is 4.12. The molecular weight excluding hydrogens is 266 g/mol. The molecule has 0 fully saturated rings. The van der Waals surface area contributed by atoms with Gasteiger partial charge in [0, 0.05) is 10.6 Å². The molecule has 0 amide bonds. The average molecular weight is 275 g/mol. The van der Waals surface area contributed by atoms with Crippen molar-refractivity contribution in [2.24, 2.45) is 0 Å². The van der Waals surface area contributed by atoms with Gasteiger partial charge in [0.05, 0.1) is 0 Å². The molecule has 1 aromatic heterocycles. The van der Waals surface area contributed by atoms with Crippen molar-refractivity contribution in [3.05, 3.63) is 57.2 Å². The van der Waals surface area contributed by atoms with E-state index in [0.717, 1.165) is 0 Å². The van der Waals surface area contributed by atoms with Crippen LogP contribution < -0.4 is 0 Å². The van der Waals surface area contributed by atoms with Crippen molar-refractivity contribution < 1.29 is 13.9 Å². The third-order valence-corrected chi connectivity index (χ3v) is 2.97. The van der Waals surface area contributed by atoms with E-state index in [0.29, 0.717) is 11.1 Å². The molecular formula is C12H9Cl2FO2.